The summed E-state index contributed by atoms with van der Waals surface area (Å²) in [7, 11) is 3.67. The van der Waals surface area contributed by atoms with Gasteiger partial charge in [-0.15, -0.1) is 0 Å². The highest BCUT2D eigenvalue weighted by atomic mass is 16.5. The lowest BCUT2D eigenvalue weighted by Crippen LogP contribution is -2.35. The first-order valence-electron chi connectivity index (χ1n) is 7.36. The Hall–Kier alpha value is -1.71. The Labute approximate surface area is 121 Å². The van der Waals surface area contributed by atoms with Gasteiger partial charge in [0.1, 0.15) is 5.75 Å². The molecule has 110 valence electrons. The van der Waals surface area contributed by atoms with Gasteiger partial charge in [0.05, 0.1) is 13.2 Å². The Morgan fingerprint density at radius 2 is 1.90 bits per heavy atom. The predicted molar refractivity (Wildman–Crippen MR) is 83.0 cm³/mol. The van der Waals surface area contributed by atoms with E-state index in [1.165, 1.54) is 37.7 Å². The zero-order valence-electron chi connectivity index (χ0n) is 12.5. The van der Waals surface area contributed by atoms with E-state index < -0.39 is 0 Å². The molecule has 0 bridgehead atoms. The number of aliphatic imine (C=N–C) groups is 1. The molecule has 1 aliphatic carbocycles. The third-order valence-corrected chi connectivity index (χ3v) is 3.86. The Bertz CT molecular complexity index is 436. The second-order valence-electron chi connectivity index (χ2n) is 5.48. The molecule has 1 aliphatic rings. The summed E-state index contributed by atoms with van der Waals surface area (Å²) in [5.74, 6) is 1.52. The highest BCUT2D eigenvalue weighted by molar-refractivity contribution is 5.78. The van der Waals surface area contributed by atoms with Crippen molar-refractivity contribution in [3.8, 4) is 5.75 Å². The Morgan fingerprint density at radius 1 is 1.25 bits per heavy atom. The first kappa shape index (κ1) is 14.7. The van der Waals surface area contributed by atoms with Crippen LogP contribution in [0.3, 0.4) is 0 Å². The van der Waals surface area contributed by atoms with Crippen LogP contribution in [0, 0.1) is 0 Å². The summed E-state index contributed by atoms with van der Waals surface area (Å²) in [6, 6.07) is 8.48. The maximum atomic E-state index is 6.10. The van der Waals surface area contributed by atoms with Gasteiger partial charge < -0.3 is 15.4 Å². The highest BCUT2D eigenvalue weighted by Gasteiger charge is 2.13. The van der Waals surface area contributed by atoms with Gasteiger partial charge in [0.25, 0.3) is 0 Å². The van der Waals surface area contributed by atoms with Gasteiger partial charge >= 0.3 is 0 Å². The van der Waals surface area contributed by atoms with Gasteiger partial charge in [-0.05, 0) is 30.5 Å². The molecule has 0 aliphatic heterocycles. The molecular formula is C16H25N3O. The van der Waals surface area contributed by atoms with Crippen LogP contribution in [0.4, 0.5) is 0 Å². The van der Waals surface area contributed by atoms with Crippen LogP contribution in [-0.2, 0) is 6.54 Å². The summed E-state index contributed by atoms with van der Waals surface area (Å²) in [5, 5.41) is 0. The van der Waals surface area contributed by atoms with Crippen LogP contribution < -0.4 is 10.5 Å². The van der Waals surface area contributed by atoms with E-state index in [1.54, 1.807) is 7.11 Å². The summed E-state index contributed by atoms with van der Waals surface area (Å²) < 4.78 is 5.16. The second-order valence-corrected chi connectivity index (χ2v) is 5.48. The van der Waals surface area contributed by atoms with Crippen LogP contribution in [-0.4, -0.2) is 31.1 Å². The standard InChI is InChI=1S/C16H25N3O/c1-19(12-13-8-10-15(20-2)11-9-13)16(17)18-14-6-4-3-5-7-14/h8-11,14H,3-7,12H2,1-2H3,(H2,17,18). The number of benzene rings is 1. The summed E-state index contributed by atoms with van der Waals surface area (Å²) in [4.78, 5) is 6.67. The van der Waals surface area contributed by atoms with Gasteiger partial charge in [-0.1, -0.05) is 31.4 Å². The zero-order valence-corrected chi connectivity index (χ0v) is 12.5. The molecule has 0 unspecified atom stereocenters. The lowest BCUT2D eigenvalue weighted by molar-refractivity contribution is 0.413. The molecular weight excluding hydrogens is 250 g/mol. The normalized spacial score (nSPS) is 17.0. The van der Waals surface area contributed by atoms with Gasteiger partial charge in [-0.25, -0.2) is 4.99 Å². The third-order valence-electron chi connectivity index (χ3n) is 3.86. The monoisotopic (exact) mass is 275 g/mol. The molecule has 2 N–H and O–H groups in total. The average molecular weight is 275 g/mol. The maximum Gasteiger partial charge on any atom is 0.191 e. The summed E-state index contributed by atoms with van der Waals surface area (Å²) in [6.45, 7) is 0.770. The minimum absolute atomic E-state index is 0.419. The predicted octanol–water partition coefficient (Wildman–Crippen LogP) is 2.77. The molecule has 0 saturated heterocycles. The number of hydrogen-bond donors (Lipinski definition) is 1. The first-order valence-corrected chi connectivity index (χ1v) is 7.36. The molecule has 0 amide bonds. The number of nitrogens with two attached hydrogens (primary N) is 1. The zero-order chi connectivity index (χ0) is 14.4. The van der Waals surface area contributed by atoms with Gasteiger partial charge in [0, 0.05) is 13.6 Å². The molecule has 0 radical (unpaired) electrons. The van der Waals surface area contributed by atoms with Crippen molar-refractivity contribution < 1.29 is 4.74 Å². The topological polar surface area (TPSA) is 50.9 Å². The summed E-state index contributed by atoms with van der Waals surface area (Å²) in [6.07, 6.45) is 6.26. The average Bonchev–Trinajstić information content (AvgIpc) is 2.49. The quantitative estimate of drug-likeness (QED) is 0.679. The van der Waals surface area contributed by atoms with E-state index in [-0.39, 0.29) is 0 Å². The highest BCUT2D eigenvalue weighted by Crippen LogP contribution is 2.20. The van der Waals surface area contributed by atoms with Crippen LogP contribution in [0.15, 0.2) is 29.3 Å². The van der Waals surface area contributed by atoms with E-state index in [0.29, 0.717) is 12.0 Å². The van der Waals surface area contributed by atoms with E-state index in [0.717, 1.165) is 12.3 Å². The van der Waals surface area contributed by atoms with E-state index in [4.69, 9.17) is 10.5 Å². The van der Waals surface area contributed by atoms with Gasteiger partial charge in [-0.2, -0.15) is 0 Å². The number of nitrogens with zero attached hydrogens (tertiary/aromatic N) is 2. The fraction of sp³-hybridized carbons (Fsp3) is 0.562. The van der Waals surface area contributed by atoms with E-state index in [9.17, 15) is 0 Å². The fourth-order valence-electron chi connectivity index (χ4n) is 2.58. The van der Waals surface area contributed by atoms with Crippen molar-refractivity contribution in [1.82, 2.24) is 4.90 Å². The number of ether oxygens (including phenoxy) is 1. The van der Waals surface area contributed by atoms with Crippen LogP contribution in [0.25, 0.3) is 0 Å². The molecule has 1 fully saturated rings. The minimum Gasteiger partial charge on any atom is -0.497 e. The number of methoxy groups -OCH3 is 1. The third kappa shape index (κ3) is 4.15. The number of guanidine groups is 1. The Kier molecular flexibility index (Phi) is 5.27. The van der Waals surface area contributed by atoms with E-state index in [2.05, 4.69) is 17.1 Å². The van der Waals surface area contributed by atoms with Gasteiger partial charge in [-0.3, -0.25) is 0 Å². The van der Waals surface area contributed by atoms with Crippen LogP contribution >= 0.6 is 0 Å². The van der Waals surface area contributed by atoms with Crippen molar-refractivity contribution in [2.75, 3.05) is 14.2 Å². The molecule has 0 spiro atoms. The largest absolute Gasteiger partial charge is 0.497 e. The molecule has 20 heavy (non-hydrogen) atoms. The van der Waals surface area contributed by atoms with Crippen molar-refractivity contribution in [2.45, 2.75) is 44.7 Å². The molecule has 2 rings (SSSR count). The molecule has 0 atom stereocenters. The van der Waals surface area contributed by atoms with Crippen molar-refractivity contribution in [3.05, 3.63) is 29.8 Å². The van der Waals surface area contributed by atoms with Crippen molar-refractivity contribution in [1.29, 1.82) is 0 Å². The number of hydrogen-bond acceptors (Lipinski definition) is 2. The van der Waals surface area contributed by atoms with Gasteiger partial charge in [0.15, 0.2) is 5.96 Å². The maximum absolute atomic E-state index is 6.10. The van der Waals surface area contributed by atoms with Crippen molar-refractivity contribution in [3.63, 3.8) is 0 Å². The molecule has 1 aromatic rings. The molecule has 1 saturated carbocycles. The van der Waals surface area contributed by atoms with Gasteiger partial charge in [0.2, 0.25) is 0 Å². The van der Waals surface area contributed by atoms with Crippen LogP contribution in [0.5, 0.6) is 5.75 Å². The Morgan fingerprint density at radius 3 is 2.50 bits per heavy atom. The molecule has 4 nitrogen and oxygen atoms in total. The first-order chi connectivity index (χ1) is 9.69. The molecule has 0 aromatic heterocycles. The fourth-order valence-corrected chi connectivity index (χ4v) is 2.58. The SMILES string of the molecule is COc1ccc(CN(C)C(N)=NC2CCCCC2)cc1. The van der Waals surface area contributed by atoms with E-state index in [1.807, 2.05) is 24.1 Å². The van der Waals surface area contributed by atoms with Crippen LogP contribution in [0.2, 0.25) is 0 Å². The second kappa shape index (κ2) is 7.17. The molecule has 1 aromatic carbocycles. The minimum atomic E-state index is 0.419. The Balaban J connectivity index is 1.91. The van der Waals surface area contributed by atoms with E-state index >= 15 is 0 Å². The lowest BCUT2D eigenvalue weighted by Gasteiger charge is -2.23. The lowest BCUT2D eigenvalue weighted by atomic mass is 9.96. The number of rotatable bonds is 4. The van der Waals surface area contributed by atoms with Crippen LogP contribution in [0.1, 0.15) is 37.7 Å². The molecule has 0 heterocycles. The summed E-state index contributed by atoms with van der Waals surface area (Å²) >= 11 is 0. The molecule has 4 heteroatoms. The summed E-state index contributed by atoms with van der Waals surface area (Å²) in [5.41, 5.74) is 7.31. The van der Waals surface area contributed by atoms with Crippen molar-refractivity contribution in [2.24, 2.45) is 10.7 Å². The van der Waals surface area contributed by atoms with Crippen molar-refractivity contribution >= 4 is 5.96 Å². The smallest absolute Gasteiger partial charge is 0.191 e.